The molecule has 0 aliphatic carbocycles. The predicted molar refractivity (Wildman–Crippen MR) is 222 cm³/mol. The summed E-state index contributed by atoms with van der Waals surface area (Å²) in [6, 6.07) is 28.2. The van der Waals surface area contributed by atoms with Crippen molar-refractivity contribution >= 4 is 40.4 Å². The molecule has 0 aliphatic heterocycles. The van der Waals surface area contributed by atoms with Gasteiger partial charge in [0.15, 0.2) is 0 Å². The molecule has 57 heavy (non-hydrogen) atoms. The van der Waals surface area contributed by atoms with Crippen LogP contribution >= 0.6 is 0 Å². The molecule has 11 heteroatoms. The van der Waals surface area contributed by atoms with E-state index in [1.54, 1.807) is 13.8 Å². The summed E-state index contributed by atoms with van der Waals surface area (Å²) in [6.07, 6.45) is -0.964. The maximum Gasteiger partial charge on any atom is 0.329 e. The average molecular weight is 779 g/mol. The number of ether oxygens (including phenoxy) is 1. The van der Waals surface area contributed by atoms with Crippen molar-refractivity contribution in [1.29, 1.82) is 0 Å². The molecule has 4 aromatic rings. The molecule has 6 atom stereocenters. The molecule has 4 amide bonds. The van der Waals surface area contributed by atoms with Gasteiger partial charge in [0.2, 0.25) is 23.6 Å². The fraction of sp³-hybridized carbons (Fsp3) is 0.413. The van der Waals surface area contributed by atoms with E-state index < -0.39 is 60.4 Å². The number of aliphatic hydroxyl groups is 1. The van der Waals surface area contributed by atoms with E-state index in [1.165, 1.54) is 0 Å². The van der Waals surface area contributed by atoms with E-state index >= 15 is 0 Å². The fourth-order valence-electron chi connectivity index (χ4n) is 6.63. The molecule has 11 nitrogen and oxygen atoms in total. The van der Waals surface area contributed by atoms with Crippen LogP contribution in [-0.4, -0.2) is 65.0 Å². The first kappa shape index (κ1) is 44.2. The molecule has 0 heterocycles. The number of carbonyl (C=O) groups is 5. The largest absolute Gasteiger partial charge is 0.459 e. The Kier molecular flexibility index (Phi) is 16.8. The highest BCUT2D eigenvalue weighted by Gasteiger charge is 2.34. The van der Waals surface area contributed by atoms with Gasteiger partial charge in [0, 0.05) is 0 Å². The van der Waals surface area contributed by atoms with Gasteiger partial charge in [-0.2, -0.15) is 0 Å². The number of carbonyl (C=O) groups excluding carboxylic acids is 5. The molecule has 4 rings (SSSR count). The topological polar surface area (TPSA) is 163 Å². The number of benzene rings is 4. The minimum atomic E-state index is -1.36. The van der Waals surface area contributed by atoms with Gasteiger partial charge in [0.05, 0.1) is 25.0 Å². The zero-order chi connectivity index (χ0) is 41.5. The SMILES string of the molecule is CC[C@H](C)[C@H](NC(=O)C[C@H](O)[C@H](Cc1ccccc1)NC(=O)[C@@H](NC(=O)Cc1cccc2ccccc12)C(C)C)C(=O)N[C@H](C(=O)OCc1ccccc1)C(C)C. The van der Waals surface area contributed by atoms with Gasteiger partial charge >= 0.3 is 5.97 Å². The number of nitrogens with one attached hydrogen (secondary N) is 4. The van der Waals surface area contributed by atoms with Crippen molar-refractivity contribution in [3.63, 3.8) is 0 Å². The summed E-state index contributed by atoms with van der Waals surface area (Å²) in [7, 11) is 0. The van der Waals surface area contributed by atoms with Gasteiger partial charge in [-0.15, -0.1) is 0 Å². The second kappa shape index (κ2) is 21.7. The van der Waals surface area contributed by atoms with Gasteiger partial charge in [-0.3, -0.25) is 19.2 Å². The van der Waals surface area contributed by atoms with E-state index in [-0.39, 0.29) is 43.1 Å². The molecule has 0 spiro atoms. The summed E-state index contributed by atoms with van der Waals surface area (Å²) in [4.78, 5) is 67.6. The lowest BCUT2D eigenvalue weighted by Gasteiger charge is -2.30. The highest BCUT2D eigenvalue weighted by atomic mass is 16.5. The molecule has 0 saturated carbocycles. The molecule has 0 saturated heterocycles. The van der Waals surface area contributed by atoms with Gasteiger partial charge in [-0.25, -0.2) is 4.79 Å². The highest BCUT2D eigenvalue weighted by Crippen LogP contribution is 2.20. The number of rotatable bonds is 20. The predicted octanol–water partition coefficient (Wildman–Crippen LogP) is 5.42. The highest BCUT2D eigenvalue weighted by molar-refractivity contribution is 5.93. The van der Waals surface area contributed by atoms with Crippen LogP contribution in [0.4, 0.5) is 0 Å². The van der Waals surface area contributed by atoms with Crippen molar-refractivity contribution in [2.45, 2.75) is 104 Å². The first-order chi connectivity index (χ1) is 27.3. The number of fused-ring (bicyclic) bond motifs is 1. The van der Waals surface area contributed by atoms with Crippen molar-refractivity contribution in [3.05, 3.63) is 120 Å². The second-order valence-corrected chi connectivity index (χ2v) is 15.4. The van der Waals surface area contributed by atoms with Crippen LogP contribution in [0.2, 0.25) is 0 Å². The van der Waals surface area contributed by atoms with Crippen LogP contribution in [0.5, 0.6) is 0 Å². The lowest BCUT2D eigenvalue weighted by Crippen LogP contribution is -2.57. The van der Waals surface area contributed by atoms with E-state index in [9.17, 15) is 29.1 Å². The van der Waals surface area contributed by atoms with Crippen LogP contribution < -0.4 is 21.3 Å². The van der Waals surface area contributed by atoms with Crippen LogP contribution in [0.3, 0.4) is 0 Å². The first-order valence-corrected chi connectivity index (χ1v) is 19.9. The van der Waals surface area contributed by atoms with E-state index in [2.05, 4.69) is 21.3 Å². The summed E-state index contributed by atoms with van der Waals surface area (Å²) in [6.45, 7) is 11.0. The third kappa shape index (κ3) is 13.3. The van der Waals surface area contributed by atoms with Crippen LogP contribution in [0.1, 0.15) is 71.1 Å². The smallest absolute Gasteiger partial charge is 0.329 e. The van der Waals surface area contributed by atoms with E-state index in [0.717, 1.165) is 27.5 Å². The summed E-state index contributed by atoms with van der Waals surface area (Å²) in [5.74, 6) is -3.46. The maximum atomic E-state index is 13.9. The Morgan fingerprint density at radius 2 is 1.18 bits per heavy atom. The summed E-state index contributed by atoms with van der Waals surface area (Å²) in [5, 5.41) is 24.9. The number of esters is 1. The minimum absolute atomic E-state index is 0.0538. The standard InChI is InChI=1S/C46H58N4O7/c1-7-31(6)43(45(55)50-42(30(4)5)46(56)57-28-33-19-12-9-13-20-33)49-40(53)27-38(51)37(25-32-17-10-8-11-18-32)47-44(54)41(29(2)3)48-39(52)26-35-23-16-22-34-21-14-15-24-36(34)35/h8-24,29-31,37-38,41-43,51H,7,25-28H2,1-6H3,(H,47,54)(H,48,52)(H,49,53)(H,50,55)/t31-,37-,38-,41-,42-,43-/m0/s1. The average Bonchev–Trinajstić information content (AvgIpc) is 3.20. The van der Waals surface area contributed by atoms with Crippen molar-refractivity contribution < 1.29 is 33.8 Å². The van der Waals surface area contributed by atoms with E-state index in [0.29, 0.717) is 6.42 Å². The lowest BCUT2D eigenvalue weighted by atomic mass is 9.95. The monoisotopic (exact) mass is 778 g/mol. The van der Waals surface area contributed by atoms with Crippen molar-refractivity contribution in [2.24, 2.45) is 17.8 Å². The third-order valence-electron chi connectivity index (χ3n) is 10.2. The number of hydrogen-bond acceptors (Lipinski definition) is 7. The van der Waals surface area contributed by atoms with Crippen molar-refractivity contribution in [3.8, 4) is 0 Å². The summed E-state index contributed by atoms with van der Waals surface area (Å²) in [5.41, 5.74) is 2.47. The maximum absolute atomic E-state index is 13.9. The lowest BCUT2D eigenvalue weighted by molar-refractivity contribution is -0.150. The molecular formula is C46H58N4O7. The molecule has 0 radical (unpaired) electrons. The molecule has 0 aliphatic rings. The van der Waals surface area contributed by atoms with Crippen LogP contribution in [-0.2, 0) is 48.2 Å². The molecule has 0 aromatic heterocycles. The van der Waals surface area contributed by atoms with Gasteiger partial charge in [0.1, 0.15) is 24.7 Å². The van der Waals surface area contributed by atoms with Gasteiger partial charge in [-0.05, 0) is 51.6 Å². The fourth-order valence-corrected chi connectivity index (χ4v) is 6.63. The van der Waals surface area contributed by atoms with Crippen molar-refractivity contribution in [1.82, 2.24) is 21.3 Å². The van der Waals surface area contributed by atoms with Gasteiger partial charge in [-0.1, -0.05) is 151 Å². The Labute approximate surface area is 336 Å². The van der Waals surface area contributed by atoms with Crippen molar-refractivity contribution in [2.75, 3.05) is 0 Å². The first-order valence-electron chi connectivity index (χ1n) is 19.9. The zero-order valence-corrected chi connectivity index (χ0v) is 33.9. The number of aliphatic hydroxyl groups excluding tert-OH is 1. The second-order valence-electron chi connectivity index (χ2n) is 15.4. The molecule has 0 bridgehead atoms. The summed E-state index contributed by atoms with van der Waals surface area (Å²) < 4.78 is 5.52. The van der Waals surface area contributed by atoms with Gasteiger partial charge < -0.3 is 31.1 Å². The Balaban J connectivity index is 1.44. The summed E-state index contributed by atoms with van der Waals surface area (Å²) >= 11 is 0. The molecular weight excluding hydrogens is 721 g/mol. The molecule has 0 fully saturated rings. The van der Waals surface area contributed by atoms with Crippen LogP contribution in [0.25, 0.3) is 10.8 Å². The third-order valence-corrected chi connectivity index (χ3v) is 10.2. The Bertz CT molecular complexity index is 1930. The van der Waals surface area contributed by atoms with E-state index in [1.807, 2.05) is 131 Å². The van der Waals surface area contributed by atoms with Gasteiger partial charge in [0.25, 0.3) is 0 Å². The zero-order valence-electron chi connectivity index (χ0n) is 33.9. The Morgan fingerprint density at radius 3 is 1.81 bits per heavy atom. The Morgan fingerprint density at radius 1 is 0.614 bits per heavy atom. The number of amides is 4. The van der Waals surface area contributed by atoms with Crippen LogP contribution in [0, 0.1) is 17.8 Å². The Hall–Kier alpha value is -5.55. The molecule has 0 unspecified atom stereocenters. The molecule has 5 N–H and O–H groups in total. The molecule has 4 aromatic carbocycles. The van der Waals surface area contributed by atoms with E-state index in [4.69, 9.17) is 4.74 Å². The minimum Gasteiger partial charge on any atom is -0.459 e. The van der Waals surface area contributed by atoms with Crippen LogP contribution in [0.15, 0.2) is 103 Å². The molecule has 304 valence electrons. The number of hydrogen-bond donors (Lipinski definition) is 5. The normalized spacial score (nSPS) is 14.5. The quantitative estimate of drug-likeness (QED) is 0.0749.